The molecule has 0 spiro atoms. The molecule has 1 aliphatic rings. The Hall–Kier alpha value is -2.20. The zero-order valence-electron chi connectivity index (χ0n) is 16.2. The minimum absolute atomic E-state index is 0.141. The van der Waals surface area contributed by atoms with Crippen LogP contribution in [0.4, 0.5) is 11.4 Å². The molecule has 2 aromatic heterocycles. The van der Waals surface area contributed by atoms with Crippen LogP contribution in [0.3, 0.4) is 0 Å². The minimum Gasteiger partial charge on any atom is -0.351 e. The molecule has 0 saturated carbocycles. The number of pyridine rings is 1. The van der Waals surface area contributed by atoms with Gasteiger partial charge in [-0.25, -0.2) is 8.42 Å². The van der Waals surface area contributed by atoms with Crippen LogP contribution in [0.1, 0.15) is 28.2 Å². The number of halogens is 1. The van der Waals surface area contributed by atoms with Crippen molar-refractivity contribution >= 4 is 61.7 Å². The highest BCUT2D eigenvalue weighted by atomic mass is 35.5. The average Bonchev–Trinajstić information content (AvgIpc) is 3.26. The van der Waals surface area contributed by atoms with Gasteiger partial charge in [0.1, 0.15) is 0 Å². The van der Waals surface area contributed by atoms with Gasteiger partial charge in [-0.05, 0) is 67.2 Å². The van der Waals surface area contributed by atoms with Crippen LogP contribution in [0.5, 0.6) is 0 Å². The summed E-state index contributed by atoms with van der Waals surface area (Å²) in [6.07, 6.45) is 2.89. The van der Waals surface area contributed by atoms with Crippen molar-refractivity contribution in [2.24, 2.45) is 0 Å². The third-order valence-corrected chi connectivity index (χ3v) is 6.97. The lowest BCUT2D eigenvalue weighted by atomic mass is 10.0. The summed E-state index contributed by atoms with van der Waals surface area (Å²) >= 11 is 13.4. The summed E-state index contributed by atoms with van der Waals surface area (Å²) < 4.78 is 26.5. The highest BCUT2D eigenvalue weighted by molar-refractivity contribution is 7.92. The third-order valence-electron chi connectivity index (χ3n) is 4.77. The Balaban J connectivity index is 1.77. The molecule has 3 heterocycles. The van der Waals surface area contributed by atoms with Crippen LogP contribution in [0.25, 0.3) is 0 Å². The summed E-state index contributed by atoms with van der Waals surface area (Å²) in [5.74, 6) is 0. The first kappa shape index (κ1) is 21.0. The molecule has 10 heteroatoms. The zero-order chi connectivity index (χ0) is 21.5. The van der Waals surface area contributed by atoms with Crippen molar-refractivity contribution in [1.82, 2.24) is 10.3 Å². The molecule has 6 nitrogen and oxygen atoms in total. The van der Waals surface area contributed by atoms with Crippen LogP contribution in [-0.2, 0) is 10.0 Å². The lowest BCUT2D eigenvalue weighted by Gasteiger charge is -2.27. The van der Waals surface area contributed by atoms with Gasteiger partial charge in [-0.15, -0.1) is 11.3 Å². The molecule has 0 bridgehead atoms. The van der Waals surface area contributed by atoms with E-state index in [2.05, 4.69) is 15.0 Å². The molecule has 30 heavy (non-hydrogen) atoms. The summed E-state index contributed by atoms with van der Waals surface area (Å²) in [5, 5.41) is 3.97. The van der Waals surface area contributed by atoms with Gasteiger partial charge in [0.25, 0.3) is 0 Å². The quantitative estimate of drug-likeness (QED) is 0.520. The Kier molecular flexibility index (Phi) is 5.71. The first-order chi connectivity index (χ1) is 14.2. The maximum absolute atomic E-state index is 11.6. The SMILES string of the molecule is Cc1cc(N2C(=S)N[C@H](c3ccccn3)[C@@H]2c2ccc(Cl)s2)ccc1NS(C)(=O)=O. The van der Waals surface area contributed by atoms with Crippen LogP contribution < -0.4 is 14.9 Å². The fraction of sp³-hybridized carbons (Fsp3) is 0.200. The number of sulfonamides is 1. The Labute approximate surface area is 190 Å². The van der Waals surface area contributed by atoms with Gasteiger partial charge in [0.15, 0.2) is 5.11 Å². The van der Waals surface area contributed by atoms with Crippen molar-refractivity contribution in [2.45, 2.75) is 19.0 Å². The van der Waals surface area contributed by atoms with Gasteiger partial charge < -0.3 is 10.2 Å². The Morgan fingerprint density at radius 2 is 2.03 bits per heavy atom. The molecule has 156 valence electrons. The fourth-order valence-corrected chi connectivity index (χ4v) is 5.69. The second kappa shape index (κ2) is 8.14. The molecule has 1 aromatic carbocycles. The number of rotatable bonds is 5. The van der Waals surface area contributed by atoms with E-state index in [1.54, 1.807) is 12.3 Å². The normalized spacial score (nSPS) is 19.0. The molecule has 1 fully saturated rings. The van der Waals surface area contributed by atoms with Gasteiger partial charge in [-0.3, -0.25) is 9.71 Å². The largest absolute Gasteiger partial charge is 0.351 e. The molecule has 3 aromatic rings. The molecule has 1 saturated heterocycles. The molecular weight excluding hydrogens is 460 g/mol. The topological polar surface area (TPSA) is 74.3 Å². The van der Waals surface area contributed by atoms with Gasteiger partial charge in [0.2, 0.25) is 10.0 Å². The monoisotopic (exact) mass is 478 g/mol. The maximum Gasteiger partial charge on any atom is 0.229 e. The summed E-state index contributed by atoms with van der Waals surface area (Å²) in [7, 11) is -3.36. The van der Waals surface area contributed by atoms with E-state index in [0.717, 1.165) is 28.1 Å². The van der Waals surface area contributed by atoms with Crippen molar-refractivity contribution in [2.75, 3.05) is 15.9 Å². The van der Waals surface area contributed by atoms with Crippen LogP contribution in [0, 0.1) is 6.92 Å². The third kappa shape index (κ3) is 4.29. The van der Waals surface area contributed by atoms with E-state index < -0.39 is 10.0 Å². The minimum atomic E-state index is -3.36. The van der Waals surface area contributed by atoms with Crippen molar-refractivity contribution in [3.63, 3.8) is 0 Å². The van der Waals surface area contributed by atoms with Crippen LogP contribution in [-0.4, -0.2) is 24.8 Å². The van der Waals surface area contributed by atoms with Crippen molar-refractivity contribution < 1.29 is 8.42 Å². The first-order valence-electron chi connectivity index (χ1n) is 9.07. The first-order valence-corrected chi connectivity index (χ1v) is 12.6. The molecular formula is C20H19ClN4O2S3. The maximum atomic E-state index is 11.6. The smallest absolute Gasteiger partial charge is 0.229 e. The Morgan fingerprint density at radius 1 is 1.23 bits per heavy atom. The second-order valence-electron chi connectivity index (χ2n) is 7.01. The van der Waals surface area contributed by atoms with Gasteiger partial charge in [-0.2, -0.15) is 0 Å². The molecule has 1 aliphatic heterocycles. The van der Waals surface area contributed by atoms with Crippen LogP contribution >= 0.6 is 35.2 Å². The van der Waals surface area contributed by atoms with Crippen molar-refractivity contribution in [3.8, 4) is 0 Å². The van der Waals surface area contributed by atoms with Gasteiger partial charge >= 0.3 is 0 Å². The van der Waals surface area contributed by atoms with E-state index in [1.807, 2.05) is 54.3 Å². The summed E-state index contributed by atoms with van der Waals surface area (Å²) in [5.41, 5.74) is 3.07. The molecule has 4 rings (SSSR count). The number of aryl methyl sites for hydroxylation is 1. The number of hydrogen-bond donors (Lipinski definition) is 2. The standard InChI is InChI=1S/C20H19ClN4O2S3/c1-12-11-13(6-7-14(12)24-30(2,26)27)25-19(16-8-9-17(21)29-16)18(23-20(25)28)15-5-3-4-10-22-15/h3-11,18-19,24H,1-2H3,(H,23,28)/t18-,19+/m1/s1. The van der Waals surface area contributed by atoms with E-state index in [1.165, 1.54) is 11.3 Å². The predicted molar refractivity (Wildman–Crippen MR) is 127 cm³/mol. The van der Waals surface area contributed by atoms with E-state index in [4.69, 9.17) is 23.8 Å². The number of anilines is 2. The highest BCUT2D eigenvalue weighted by Crippen LogP contribution is 2.44. The molecule has 0 aliphatic carbocycles. The van der Waals surface area contributed by atoms with E-state index in [0.29, 0.717) is 15.1 Å². The number of thiocarbonyl (C=S) groups is 1. The van der Waals surface area contributed by atoms with Gasteiger partial charge in [0, 0.05) is 16.8 Å². The van der Waals surface area contributed by atoms with Crippen molar-refractivity contribution in [1.29, 1.82) is 0 Å². The van der Waals surface area contributed by atoms with Crippen LogP contribution in [0.15, 0.2) is 54.7 Å². The molecule has 2 atom stereocenters. The predicted octanol–water partition coefficient (Wildman–Crippen LogP) is 4.65. The van der Waals surface area contributed by atoms with E-state index >= 15 is 0 Å². The number of nitrogens with zero attached hydrogens (tertiary/aromatic N) is 2. The van der Waals surface area contributed by atoms with Crippen molar-refractivity contribution in [3.05, 3.63) is 75.2 Å². The average molecular weight is 479 g/mol. The fourth-order valence-electron chi connectivity index (χ4n) is 3.52. The zero-order valence-corrected chi connectivity index (χ0v) is 19.4. The van der Waals surface area contributed by atoms with E-state index in [-0.39, 0.29) is 12.1 Å². The number of hydrogen-bond acceptors (Lipinski definition) is 5. The molecule has 0 amide bonds. The number of benzene rings is 1. The lowest BCUT2D eigenvalue weighted by molar-refractivity contribution is 0.575. The van der Waals surface area contributed by atoms with Gasteiger partial charge in [0.05, 0.1) is 34.1 Å². The number of nitrogens with one attached hydrogen (secondary N) is 2. The molecule has 2 N–H and O–H groups in total. The van der Waals surface area contributed by atoms with E-state index in [9.17, 15) is 8.42 Å². The number of aromatic nitrogens is 1. The lowest BCUT2D eigenvalue weighted by Crippen LogP contribution is -2.29. The summed E-state index contributed by atoms with van der Waals surface area (Å²) in [6.45, 7) is 1.86. The summed E-state index contributed by atoms with van der Waals surface area (Å²) in [4.78, 5) is 7.61. The summed E-state index contributed by atoms with van der Waals surface area (Å²) in [6, 6.07) is 14.9. The van der Waals surface area contributed by atoms with Gasteiger partial charge in [-0.1, -0.05) is 17.7 Å². The Bertz CT molecular complexity index is 1200. The molecule has 0 unspecified atom stereocenters. The number of thiophene rings is 1. The second-order valence-corrected chi connectivity index (χ2v) is 10.9. The molecule has 0 radical (unpaired) electrons. The highest BCUT2D eigenvalue weighted by Gasteiger charge is 2.41. The van der Waals surface area contributed by atoms with Crippen LogP contribution in [0.2, 0.25) is 4.34 Å². The Morgan fingerprint density at radius 3 is 2.63 bits per heavy atom.